The SMILES string of the molecule is CN1C(=O)c2cccc(OC(F)F)c2C2CC1c1nn3ccc(-c4cnc(C(C)(C)O)c(F)c4)cc3c12. The lowest BCUT2D eigenvalue weighted by atomic mass is 9.88. The van der Waals surface area contributed by atoms with Gasteiger partial charge < -0.3 is 14.7 Å². The van der Waals surface area contributed by atoms with Crippen molar-refractivity contribution in [2.75, 3.05) is 7.05 Å². The number of nitrogens with zero attached hydrogens (tertiary/aromatic N) is 4. The van der Waals surface area contributed by atoms with Gasteiger partial charge in [0.1, 0.15) is 22.9 Å². The Bertz CT molecular complexity index is 1580. The Hall–Kier alpha value is -3.92. The van der Waals surface area contributed by atoms with Crippen molar-refractivity contribution in [1.82, 2.24) is 19.5 Å². The van der Waals surface area contributed by atoms with Crippen LogP contribution in [-0.4, -0.2) is 44.2 Å². The third-order valence-corrected chi connectivity index (χ3v) is 7.23. The van der Waals surface area contributed by atoms with Crippen molar-refractivity contribution >= 4 is 11.4 Å². The van der Waals surface area contributed by atoms with Crippen LogP contribution in [-0.2, 0) is 5.60 Å². The summed E-state index contributed by atoms with van der Waals surface area (Å²) in [6.07, 6.45) is 3.72. The highest BCUT2D eigenvalue weighted by Gasteiger charge is 2.46. The van der Waals surface area contributed by atoms with E-state index in [0.717, 1.165) is 5.56 Å². The van der Waals surface area contributed by atoms with Gasteiger partial charge in [-0.05, 0) is 56.2 Å². The summed E-state index contributed by atoms with van der Waals surface area (Å²) in [7, 11) is 1.68. The van der Waals surface area contributed by atoms with E-state index in [1.54, 1.807) is 34.8 Å². The zero-order valence-electron chi connectivity index (χ0n) is 20.2. The van der Waals surface area contributed by atoms with Gasteiger partial charge in [0.15, 0.2) is 0 Å². The van der Waals surface area contributed by atoms with Crippen LogP contribution in [0.15, 0.2) is 48.8 Å². The van der Waals surface area contributed by atoms with Gasteiger partial charge in [0.25, 0.3) is 5.91 Å². The minimum atomic E-state index is -3.04. The highest BCUT2D eigenvalue weighted by atomic mass is 19.3. The molecule has 6 rings (SSSR count). The summed E-state index contributed by atoms with van der Waals surface area (Å²) >= 11 is 0. The Morgan fingerprint density at radius 1 is 1.16 bits per heavy atom. The molecule has 3 aromatic heterocycles. The number of ether oxygens (including phenoxy) is 1. The number of hydrogen-bond acceptors (Lipinski definition) is 5. The van der Waals surface area contributed by atoms with Crippen molar-refractivity contribution in [3.8, 4) is 16.9 Å². The molecule has 1 N–H and O–H groups in total. The number of pyridine rings is 2. The van der Waals surface area contributed by atoms with Gasteiger partial charge in [0.2, 0.25) is 0 Å². The largest absolute Gasteiger partial charge is 0.434 e. The summed E-state index contributed by atoms with van der Waals surface area (Å²) in [5, 5.41) is 14.9. The third kappa shape index (κ3) is 3.58. The van der Waals surface area contributed by atoms with Crippen LogP contribution in [0.25, 0.3) is 16.6 Å². The van der Waals surface area contributed by atoms with Crippen molar-refractivity contribution < 1.29 is 27.8 Å². The average molecular weight is 509 g/mol. The van der Waals surface area contributed by atoms with E-state index in [1.165, 1.54) is 38.2 Å². The van der Waals surface area contributed by atoms with Gasteiger partial charge >= 0.3 is 6.61 Å². The topological polar surface area (TPSA) is 80.0 Å². The number of alkyl halides is 2. The Morgan fingerprint density at radius 3 is 2.65 bits per heavy atom. The number of halogens is 3. The Kier molecular flexibility index (Phi) is 5.10. The lowest BCUT2D eigenvalue weighted by Gasteiger charge is -2.23. The van der Waals surface area contributed by atoms with Crippen LogP contribution >= 0.6 is 0 Å². The molecular weight excluding hydrogens is 485 g/mol. The fourth-order valence-corrected chi connectivity index (χ4v) is 5.59. The number of benzene rings is 1. The second-order valence-corrected chi connectivity index (χ2v) is 9.97. The Morgan fingerprint density at radius 2 is 1.95 bits per heavy atom. The van der Waals surface area contributed by atoms with Gasteiger partial charge in [-0.25, -0.2) is 8.91 Å². The van der Waals surface area contributed by atoms with Gasteiger partial charge in [-0.2, -0.15) is 13.9 Å². The van der Waals surface area contributed by atoms with E-state index in [9.17, 15) is 23.1 Å². The summed E-state index contributed by atoms with van der Waals surface area (Å²) in [5.41, 5.74) is 2.67. The van der Waals surface area contributed by atoms with Gasteiger partial charge in [-0.3, -0.25) is 9.78 Å². The lowest BCUT2D eigenvalue weighted by molar-refractivity contribution is -0.0505. The zero-order valence-corrected chi connectivity index (χ0v) is 20.2. The number of aliphatic hydroxyl groups is 1. The summed E-state index contributed by atoms with van der Waals surface area (Å²) in [6.45, 7) is -0.110. The summed E-state index contributed by atoms with van der Waals surface area (Å²) in [5.74, 6) is -1.34. The Balaban J connectivity index is 1.53. The van der Waals surface area contributed by atoms with Gasteiger partial charge in [-0.15, -0.1) is 0 Å². The molecule has 1 aromatic carbocycles. The second kappa shape index (κ2) is 8.04. The molecule has 2 unspecified atom stereocenters. The first-order valence-electron chi connectivity index (χ1n) is 11.8. The predicted molar refractivity (Wildman–Crippen MR) is 128 cm³/mol. The van der Waals surface area contributed by atoms with Crippen molar-refractivity contribution in [3.63, 3.8) is 0 Å². The molecule has 0 radical (unpaired) electrons. The molecule has 1 aliphatic carbocycles. The number of aromatic nitrogens is 3. The van der Waals surface area contributed by atoms with Crippen molar-refractivity contribution in [2.24, 2.45) is 0 Å². The number of rotatable bonds is 4. The number of fused-ring (bicyclic) bond motifs is 9. The number of hydrogen-bond donors (Lipinski definition) is 1. The molecule has 1 aliphatic heterocycles. The normalized spacial score (nSPS) is 18.8. The number of carbonyl (C=O) groups excluding carboxylic acids is 1. The maximum Gasteiger partial charge on any atom is 0.387 e. The first kappa shape index (κ1) is 23.5. The van der Waals surface area contributed by atoms with Crippen molar-refractivity contribution in [1.29, 1.82) is 0 Å². The molecule has 2 aliphatic rings. The first-order chi connectivity index (χ1) is 17.5. The molecule has 4 heterocycles. The quantitative estimate of drug-likeness (QED) is 0.419. The van der Waals surface area contributed by atoms with Crippen LogP contribution in [0.1, 0.15) is 65.1 Å². The van der Waals surface area contributed by atoms with E-state index < -0.39 is 23.9 Å². The molecule has 190 valence electrons. The molecule has 1 amide bonds. The fourth-order valence-electron chi connectivity index (χ4n) is 5.59. The number of amides is 1. The van der Waals surface area contributed by atoms with Crippen LogP contribution in [0.4, 0.5) is 13.2 Å². The van der Waals surface area contributed by atoms with Crippen LogP contribution in [0.5, 0.6) is 5.75 Å². The minimum absolute atomic E-state index is 0.0308. The summed E-state index contributed by atoms with van der Waals surface area (Å²) in [4.78, 5) is 19.0. The van der Waals surface area contributed by atoms with Crippen LogP contribution in [0, 0.1) is 5.82 Å². The molecule has 4 aromatic rings. The van der Waals surface area contributed by atoms with Crippen LogP contribution in [0.3, 0.4) is 0 Å². The average Bonchev–Trinajstić information content (AvgIpc) is 3.35. The second-order valence-electron chi connectivity index (χ2n) is 9.97. The molecular formula is C27H23F3N4O3. The van der Waals surface area contributed by atoms with E-state index in [2.05, 4.69) is 4.98 Å². The van der Waals surface area contributed by atoms with Crippen LogP contribution < -0.4 is 4.74 Å². The predicted octanol–water partition coefficient (Wildman–Crippen LogP) is 5.03. The minimum Gasteiger partial charge on any atom is -0.434 e. The molecule has 2 atom stereocenters. The summed E-state index contributed by atoms with van der Waals surface area (Å²) < 4.78 is 47.9. The van der Waals surface area contributed by atoms with Gasteiger partial charge in [-0.1, -0.05) is 6.07 Å². The molecule has 0 fully saturated rings. The van der Waals surface area contributed by atoms with Crippen molar-refractivity contribution in [3.05, 3.63) is 82.7 Å². The molecule has 7 nitrogen and oxygen atoms in total. The molecule has 0 spiro atoms. The standard InChI is InChI=1S/C27H23F3N4O3/c1-27(2,36)24-17(28)9-14(12-31-24)13-7-8-34-18(10-13)22-16-11-19(23(22)32-34)33(3)25(35)15-5-4-6-20(21(15)16)37-26(29)30/h4-10,12,16,19,26,36H,11H2,1-3H3. The molecule has 10 heteroatoms. The van der Waals surface area contributed by atoms with E-state index in [1.807, 2.05) is 6.07 Å². The molecule has 37 heavy (non-hydrogen) atoms. The smallest absolute Gasteiger partial charge is 0.387 e. The molecule has 2 bridgehead atoms. The van der Waals surface area contributed by atoms with Crippen molar-refractivity contribution in [2.45, 2.75) is 44.4 Å². The highest BCUT2D eigenvalue weighted by molar-refractivity contribution is 5.98. The maximum absolute atomic E-state index is 14.8. The first-order valence-corrected chi connectivity index (χ1v) is 11.8. The van der Waals surface area contributed by atoms with Gasteiger partial charge in [0, 0.05) is 47.6 Å². The molecule has 0 saturated heterocycles. The van der Waals surface area contributed by atoms with E-state index >= 15 is 0 Å². The Labute approximate surface area is 210 Å². The van der Waals surface area contributed by atoms with E-state index in [4.69, 9.17) is 9.84 Å². The van der Waals surface area contributed by atoms with E-state index in [-0.39, 0.29) is 23.4 Å². The van der Waals surface area contributed by atoms with Crippen LogP contribution in [0.2, 0.25) is 0 Å². The lowest BCUT2D eigenvalue weighted by Crippen LogP contribution is -2.30. The summed E-state index contributed by atoms with van der Waals surface area (Å²) in [6, 6.07) is 9.22. The monoisotopic (exact) mass is 508 g/mol. The highest BCUT2D eigenvalue weighted by Crippen LogP contribution is 2.53. The van der Waals surface area contributed by atoms with E-state index in [0.29, 0.717) is 39.9 Å². The molecule has 0 saturated carbocycles. The third-order valence-electron chi connectivity index (χ3n) is 7.23. The fraction of sp³-hybridized carbons (Fsp3) is 0.296. The zero-order chi connectivity index (χ0) is 26.2. The maximum atomic E-state index is 14.8. The number of carbonyl (C=O) groups is 1. The van der Waals surface area contributed by atoms with Gasteiger partial charge in [0.05, 0.1) is 17.3 Å².